The highest BCUT2D eigenvalue weighted by Gasteiger charge is 2.37. The van der Waals surface area contributed by atoms with Crippen LogP contribution in [0.25, 0.3) is 0 Å². The molecule has 3 rings (SSSR count). The van der Waals surface area contributed by atoms with E-state index in [1.165, 1.54) is 0 Å². The first-order chi connectivity index (χ1) is 13.3. The van der Waals surface area contributed by atoms with E-state index in [0.717, 1.165) is 5.69 Å². The standard InChI is InChI=1S/C19H26N4O4S/c1-4-28(25,26)22-15-7-5-14(6-8-15)21-19(24)16-10-12-27-18(16)17-9-11-20-23(17)13(2)3/h5-9,11,13,16,18,22H,4,10,12H2,1-3H3,(H,21,24)/t16-,18-/m0/s1. The van der Waals surface area contributed by atoms with Gasteiger partial charge in [-0.25, -0.2) is 8.42 Å². The molecule has 0 saturated carbocycles. The fraction of sp³-hybridized carbons (Fsp3) is 0.474. The third kappa shape index (κ3) is 4.53. The number of amides is 1. The van der Waals surface area contributed by atoms with Crippen molar-refractivity contribution in [1.29, 1.82) is 0 Å². The normalized spacial score (nSPS) is 19.7. The largest absolute Gasteiger partial charge is 0.371 e. The Morgan fingerprint density at radius 3 is 2.57 bits per heavy atom. The van der Waals surface area contributed by atoms with E-state index in [4.69, 9.17) is 4.74 Å². The minimum absolute atomic E-state index is 0.00150. The molecule has 9 heteroatoms. The van der Waals surface area contributed by atoms with E-state index in [9.17, 15) is 13.2 Å². The molecule has 1 amide bonds. The molecular formula is C19H26N4O4S. The number of sulfonamides is 1. The third-order valence-corrected chi connectivity index (χ3v) is 6.02. The second-order valence-electron chi connectivity index (χ2n) is 7.05. The molecule has 0 bridgehead atoms. The third-order valence-electron chi connectivity index (χ3n) is 4.72. The van der Waals surface area contributed by atoms with E-state index in [1.807, 2.05) is 24.6 Å². The molecule has 2 atom stereocenters. The fourth-order valence-corrected chi connectivity index (χ4v) is 3.88. The van der Waals surface area contributed by atoms with Gasteiger partial charge < -0.3 is 10.1 Å². The van der Waals surface area contributed by atoms with Gasteiger partial charge in [-0.1, -0.05) is 0 Å². The SMILES string of the molecule is CCS(=O)(=O)Nc1ccc(NC(=O)[C@H]2CCO[C@@H]2c2ccnn2C(C)C)cc1. The maximum atomic E-state index is 12.8. The molecule has 0 spiro atoms. The number of rotatable bonds is 7. The van der Waals surface area contributed by atoms with Crippen LogP contribution in [0.1, 0.15) is 45.0 Å². The van der Waals surface area contributed by atoms with Crippen molar-refractivity contribution in [3.63, 3.8) is 0 Å². The van der Waals surface area contributed by atoms with Crippen molar-refractivity contribution in [2.75, 3.05) is 22.4 Å². The van der Waals surface area contributed by atoms with Crippen molar-refractivity contribution in [3.8, 4) is 0 Å². The molecule has 0 aliphatic carbocycles. The number of anilines is 2. The predicted octanol–water partition coefficient (Wildman–Crippen LogP) is 2.94. The number of nitrogens with one attached hydrogen (secondary N) is 2. The molecule has 2 aromatic rings. The quantitative estimate of drug-likeness (QED) is 0.736. The molecule has 28 heavy (non-hydrogen) atoms. The number of aromatic nitrogens is 2. The Bertz CT molecular complexity index is 922. The zero-order valence-electron chi connectivity index (χ0n) is 16.3. The van der Waals surface area contributed by atoms with Gasteiger partial charge in [0, 0.05) is 30.2 Å². The first kappa shape index (κ1) is 20.3. The predicted molar refractivity (Wildman–Crippen MR) is 108 cm³/mol. The van der Waals surface area contributed by atoms with Crippen LogP contribution in [-0.4, -0.2) is 36.5 Å². The summed E-state index contributed by atoms with van der Waals surface area (Å²) < 4.78 is 33.5. The van der Waals surface area contributed by atoms with Crippen LogP contribution in [0.15, 0.2) is 36.5 Å². The number of carbonyl (C=O) groups is 1. The van der Waals surface area contributed by atoms with Crippen molar-refractivity contribution in [3.05, 3.63) is 42.2 Å². The van der Waals surface area contributed by atoms with E-state index in [2.05, 4.69) is 15.1 Å². The van der Waals surface area contributed by atoms with Gasteiger partial charge >= 0.3 is 0 Å². The lowest BCUT2D eigenvalue weighted by Gasteiger charge is -2.21. The van der Waals surface area contributed by atoms with E-state index in [-0.39, 0.29) is 29.7 Å². The van der Waals surface area contributed by atoms with E-state index >= 15 is 0 Å². The van der Waals surface area contributed by atoms with Crippen LogP contribution in [0.5, 0.6) is 0 Å². The molecule has 1 fully saturated rings. The number of carbonyl (C=O) groups excluding carboxylic acids is 1. The van der Waals surface area contributed by atoms with E-state index < -0.39 is 10.0 Å². The minimum atomic E-state index is -3.33. The van der Waals surface area contributed by atoms with E-state index in [1.54, 1.807) is 37.4 Å². The van der Waals surface area contributed by atoms with Crippen molar-refractivity contribution in [2.24, 2.45) is 5.92 Å². The molecule has 0 radical (unpaired) electrons. The lowest BCUT2D eigenvalue weighted by molar-refractivity contribution is -0.121. The summed E-state index contributed by atoms with van der Waals surface area (Å²) in [5.74, 6) is -0.435. The van der Waals surface area contributed by atoms with Crippen LogP contribution < -0.4 is 10.0 Å². The van der Waals surface area contributed by atoms with Crippen LogP contribution in [0.3, 0.4) is 0 Å². The summed E-state index contributed by atoms with van der Waals surface area (Å²) in [6.07, 6.45) is 2.02. The molecule has 1 aliphatic heterocycles. The molecule has 152 valence electrons. The Balaban J connectivity index is 1.69. The van der Waals surface area contributed by atoms with E-state index in [0.29, 0.717) is 24.4 Å². The van der Waals surface area contributed by atoms with Gasteiger partial charge in [-0.15, -0.1) is 0 Å². The maximum Gasteiger partial charge on any atom is 0.232 e. The Morgan fingerprint density at radius 2 is 1.93 bits per heavy atom. The molecule has 2 heterocycles. The van der Waals surface area contributed by atoms with Gasteiger partial charge in [0.25, 0.3) is 0 Å². The lowest BCUT2D eigenvalue weighted by Crippen LogP contribution is -2.27. The van der Waals surface area contributed by atoms with Gasteiger partial charge in [-0.05, 0) is 57.5 Å². The van der Waals surface area contributed by atoms with Gasteiger partial charge in [0.15, 0.2) is 0 Å². The number of ether oxygens (including phenoxy) is 1. The van der Waals surface area contributed by atoms with Crippen LogP contribution >= 0.6 is 0 Å². The van der Waals surface area contributed by atoms with Gasteiger partial charge in [0.1, 0.15) is 6.10 Å². The zero-order valence-corrected chi connectivity index (χ0v) is 17.1. The average Bonchev–Trinajstić information content (AvgIpc) is 3.32. The highest BCUT2D eigenvalue weighted by Crippen LogP contribution is 2.36. The van der Waals surface area contributed by atoms with Gasteiger partial charge in [0.05, 0.1) is 17.4 Å². The number of hydrogen-bond acceptors (Lipinski definition) is 5. The first-order valence-electron chi connectivity index (χ1n) is 9.37. The molecule has 0 unspecified atom stereocenters. The average molecular weight is 407 g/mol. The van der Waals surface area contributed by atoms with Crippen LogP contribution in [0, 0.1) is 5.92 Å². The highest BCUT2D eigenvalue weighted by atomic mass is 32.2. The van der Waals surface area contributed by atoms with Crippen LogP contribution in [0.4, 0.5) is 11.4 Å². The zero-order chi connectivity index (χ0) is 20.3. The Labute approximate surface area is 165 Å². The fourth-order valence-electron chi connectivity index (χ4n) is 3.24. The summed E-state index contributed by atoms with van der Waals surface area (Å²) in [6.45, 7) is 6.16. The molecule has 1 aliphatic rings. The summed E-state index contributed by atoms with van der Waals surface area (Å²) >= 11 is 0. The van der Waals surface area contributed by atoms with Crippen molar-refractivity contribution in [1.82, 2.24) is 9.78 Å². The number of nitrogens with zero attached hydrogens (tertiary/aromatic N) is 2. The van der Waals surface area contributed by atoms with Gasteiger partial charge in [-0.3, -0.25) is 14.2 Å². The van der Waals surface area contributed by atoms with Gasteiger partial charge in [0.2, 0.25) is 15.9 Å². The molecule has 1 aromatic heterocycles. The Kier molecular flexibility index (Phi) is 6.04. The Morgan fingerprint density at radius 1 is 1.25 bits per heavy atom. The summed E-state index contributed by atoms with van der Waals surface area (Å²) in [7, 11) is -3.33. The maximum absolute atomic E-state index is 12.8. The molecule has 1 aromatic carbocycles. The second kappa shape index (κ2) is 8.32. The lowest BCUT2D eigenvalue weighted by atomic mass is 9.97. The van der Waals surface area contributed by atoms with Crippen molar-refractivity contribution in [2.45, 2.75) is 39.3 Å². The Hall–Kier alpha value is -2.39. The first-order valence-corrected chi connectivity index (χ1v) is 11.0. The van der Waals surface area contributed by atoms with Crippen LogP contribution in [0.2, 0.25) is 0 Å². The monoisotopic (exact) mass is 406 g/mol. The number of hydrogen-bond donors (Lipinski definition) is 2. The van der Waals surface area contributed by atoms with Crippen molar-refractivity contribution < 1.29 is 17.9 Å². The van der Waals surface area contributed by atoms with Crippen molar-refractivity contribution >= 4 is 27.3 Å². The summed E-state index contributed by atoms with van der Waals surface area (Å²) in [4.78, 5) is 12.8. The molecule has 1 saturated heterocycles. The summed E-state index contributed by atoms with van der Waals surface area (Å²) in [5, 5.41) is 7.24. The molecular weight excluding hydrogens is 380 g/mol. The highest BCUT2D eigenvalue weighted by molar-refractivity contribution is 7.92. The topological polar surface area (TPSA) is 102 Å². The summed E-state index contributed by atoms with van der Waals surface area (Å²) in [5.41, 5.74) is 1.96. The second-order valence-corrected chi connectivity index (χ2v) is 9.06. The molecule has 8 nitrogen and oxygen atoms in total. The number of benzene rings is 1. The summed E-state index contributed by atoms with van der Waals surface area (Å²) in [6, 6.07) is 8.67. The van der Waals surface area contributed by atoms with Crippen LogP contribution in [-0.2, 0) is 19.6 Å². The minimum Gasteiger partial charge on any atom is -0.371 e. The molecule has 2 N–H and O–H groups in total. The van der Waals surface area contributed by atoms with Gasteiger partial charge in [-0.2, -0.15) is 5.10 Å². The smallest absolute Gasteiger partial charge is 0.232 e.